The van der Waals surface area contributed by atoms with Gasteiger partial charge in [-0.05, 0) is 73.0 Å². The van der Waals surface area contributed by atoms with Gasteiger partial charge >= 0.3 is 0 Å². The summed E-state index contributed by atoms with van der Waals surface area (Å²) >= 11 is 6.26. The van der Waals surface area contributed by atoms with Gasteiger partial charge in [0.2, 0.25) is 5.95 Å². The van der Waals surface area contributed by atoms with E-state index in [1.165, 1.54) is 0 Å². The number of pyridine rings is 1. The number of hydrogen-bond donors (Lipinski definition) is 2. The molecule has 10 heteroatoms. The van der Waals surface area contributed by atoms with Crippen LogP contribution in [0.3, 0.4) is 0 Å². The van der Waals surface area contributed by atoms with Gasteiger partial charge in [-0.15, -0.1) is 0 Å². The third kappa shape index (κ3) is 6.47. The van der Waals surface area contributed by atoms with Crippen molar-refractivity contribution in [3.05, 3.63) is 126 Å². The van der Waals surface area contributed by atoms with Gasteiger partial charge in [0.15, 0.2) is 0 Å². The minimum atomic E-state index is -0.713. The van der Waals surface area contributed by atoms with Crippen LogP contribution in [0.4, 0.5) is 21.7 Å². The van der Waals surface area contributed by atoms with Crippen LogP contribution in [0.2, 0.25) is 5.02 Å². The predicted molar refractivity (Wildman–Crippen MR) is 180 cm³/mol. The highest BCUT2D eigenvalue weighted by atomic mass is 35.5. The van der Waals surface area contributed by atoms with Crippen LogP contribution in [-0.4, -0.2) is 56.0 Å². The molecule has 0 unspecified atom stereocenters. The quantitative estimate of drug-likeness (QED) is 0.170. The number of nitrogens with one attached hydrogen (secondary N) is 2. The van der Waals surface area contributed by atoms with E-state index >= 15 is 0 Å². The lowest BCUT2D eigenvalue weighted by Gasteiger charge is -2.15. The lowest BCUT2D eigenvalue weighted by Crippen LogP contribution is -2.23. The Morgan fingerprint density at radius 1 is 0.935 bits per heavy atom. The first-order valence-corrected chi connectivity index (χ1v) is 15.6. The van der Waals surface area contributed by atoms with E-state index in [1.807, 2.05) is 71.3 Å². The zero-order chi connectivity index (χ0) is 31.5. The van der Waals surface area contributed by atoms with Crippen LogP contribution in [0, 0.1) is 0 Å². The van der Waals surface area contributed by atoms with E-state index < -0.39 is 6.17 Å². The Balaban J connectivity index is 1.16. The maximum Gasteiger partial charge on any atom is 0.257 e. The Kier molecular flexibility index (Phi) is 8.41. The normalized spacial score (nSPS) is 14.9. The van der Waals surface area contributed by atoms with Crippen molar-refractivity contribution < 1.29 is 9.18 Å². The molecule has 8 nitrogen and oxygen atoms in total. The summed E-state index contributed by atoms with van der Waals surface area (Å²) < 4.78 is 15.6. The van der Waals surface area contributed by atoms with Crippen LogP contribution < -0.4 is 10.6 Å². The molecule has 1 aliphatic heterocycles. The molecule has 230 valence electrons. The Labute approximate surface area is 270 Å². The molecule has 6 aromatic rings. The van der Waals surface area contributed by atoms with E-state index in [9.17, 15) is 9.18 Å². The summed E-state index contributed by atoms with van der Waals surface area (Å²) in [6, 6.07) is 30.3. The van der Waals surface area contributed by atoms with Crippen LogP contribution in [0.15, 0.2) is 109 Å². The smallest absolute Gasteiger partial charge is 0.257 e. The van der Waals surface area contributed by atoms with E-state index in [2.05, 4.69) is 32.7 Å². The number of likely N-dealkylation sites (tertiary alicyclic amines) is 1. The zero-order valence-electron chi connectivity index (χ0n) is 24.9. The van der Waals surface area contributed by atoms with Gasteiger partial charge in [-0.1, -0.05) is 54.1 Å². The second-order valence-corrected chi connectivity index (χ2v) is 11.7. The fraction of sp³-hybridized carbons (Fsp3) is 0.167. The summed E-state index contributed by atoms with van der Waals surface area (Å²) in [7, 11) is 0. The third-order valence-electron chi connectivity index (χ3n) is 8.06. The van der Waals surface area contributed by atoms with Crippen molar-refractivity contribution in [3.63, 3.8) is 0 Å². The molecule has 1 fully saturated rings. The molecule has 1 amide bonds. The molecule has 46 heavy (non-hydrogen) atoms. The SMILES string of the molecule is O=C(Nc1cccc(-c2nc3ccccn3c2-c2ccnc(Nc3cccc(CCN4CC[C@H](F)C4)c3)n2)c1)c1ccccc1Cl. The molecule has 0 aliphatic carbocycles. The topological polar surface area (TPSA) is 87.5 Å². The number of rotatable bonds is 9. The Morgan fingerprint density at radius 3 is 2.65 bits per heavy atom. The molecule has 0 radical (unpaired) electrons. The number of carbonyl (C=O) groups excluding carboxylic acids is 1. The number of hydrogen-bond acceptors (Lipinski definition) is 6. The number of aromatic nitrogens is 4. The van der Waals surface area contributed by atoms with Gasteiger partial charge < -0.3 is 15.5 Å². The van der Waals surface area contributed by atoms with Crippen molar-refractivity contribution in [2.75, 3.05) is 30.3 Å². The van der Waals surface area contributed by atoms with Gasteiger partial charge in [-0.2, -0.15) is 0 Å². The van der Waals surface area contributed by atoms with Crippen molar-refractivity contribution in [2.45, 2.75) is 19.0 Å². The van der Waals surface area contributed by atoms with Crippen molar-refractivity contribution in [2.24, 2.45) is 0 Å². The van der Waals surface area contributed by atoms with Crippen LogP contribution in [0.5, 0.6) is 0 Å². The van der Waals surface area contributed by atoms with Gasteiger partial charge in [0, 0.05) is 49.0 Å². The molecule has 3 aromatic heterocycles. The maximum atomic E-state index is 13.6. The number of nitrogens with zero attached hydrogens (tertiary/aromatic N) is 5. The molecule has 7 rings (SSSR count). The van der Waals surface area contributed by atoms with Crippen LogP contribution in [0.25, 0.3) is 28.3 Å². The number of halogens is 2. The lowest BCUT2D eigenvalue weighted by molar-refractivity contribution is 0.102. The van der Waals surface area contributed by atoms with Crippen molar-refractivity contribution in [3.8, 4) is 22.6 Å². The first kappa shape index (κ1) is 29.6. The molecule has 1 atom stereocenters. The average Bonchev–Trinajstić information content (AvgIpc) is 3.68. The molecule has 0 spiro atoms. The molecular formula is C36H31ClFN7O. The van der Waals surface area contributed by atoms with Crippen LogP contribution in [0.1, 0.15) is 22.3 Å². The second kappa shape index (κ2) is 13.1. The summed E-state index contributed by atoms with van der Waals surface area (Å²) in [5.74, 6) is 0.157. The highest BCUT2D eigenvalue weighted by Crippen LogP contribution is 2.33. The minimum Gasteiger partial charge on any atom is -0.324 e. The number of fused-ring (bicyclic) bond motifs is 1. The summed E-state index contributed by atoms with van der Waals surface area (Å²) in [6.07, 6.45) is 4.42. The largest absolute Gasteiger partial charge is 0.324 e. The molecule has 3 aromatic carbocycles. The summed E-state index contributed by atoms with van der Waals surface area (Å²) in [5, 5.41) is 6.70. The standard InChI is InChI=1S/C36H31ClFN7O/c37-30-12-2-1-11-29(30)35(46)40-28-10-6-8-25(22-28)33-34(45-18-4-3-13-32(45)43-33)31-14-17-39-36(42-31)41-27-9-5-7-24(21-27)15-19-44-20-16-26(38)23-44/h1-14,17-18,21-22,26H,15-16,19-20,23H2,(H,40,46)(H,39,41,42)/t26-/m0/s1. The van der Waals surface area contributed by atoms with Crippen LogP contribution in [-0.2, 0) is 6.42 Å². The van der Waals surface area contributed by atoms with Crippen molar-refractivity contribution in [1.82, 2.24) is 24.3 Å². The fourth-order valence-corrected chi connectivity index (χ4v) is 6.01. The maximum absolute atomic E-state index is 13.6. The number of alkyl halides is 1. The van der Waals surface area contributed by atoms with E-state index in [-0.39, 0.29) is 5.91 Å². The van der Waals surface area contributed by atoms with Gasteiger partial charge in [0.05, 0.1) is 27.7 Å². The first-order valence-electron chi connectivity index (χ1n) is 15.2. The number of imidazole rings is 1. The Bertz CT molecular complexity index is 2030. The van der Waals surface area contributed by atoms with E-state index in [1.54, 1.807) is 30.5 Å². The van der Waals surface area contributed by atoms with Gasteiger partial charge in [-0.3, -0.25) is 9.20 Å². The van der Waals surface area contributed by atoms with Gasteiger partial charge in [0.1, 0.15) is 11.8 Å². The molecule has 1 saturated heterocycles. The molecular weight excluding hydrogens is 601 g/mol. The molecule has 2 N–H and O–H groups in total. The van der Waals surface area contributed by atoms with E-state index in [0.717, 1.165) is 47.7 Å². The Hall–Kier alpha value is -5.12. The lowest BCUT2D eigenvalue weighted by atomic mass is 10.1. The summed E-state index contributed by atoms with van der Waals surface area (Å²) in [4.78, 5) is 29.5. The Morgan fingerprint density at radius 2 is 1.78 bits per heavy atom. The van der Waals surface area contributed by atoms with E-state index in [4.69, 9.17) is 21.6 Å². The molecule has 0 bridgehead atoms. The first-order chi connectivity index (χ1) is 22.5. The predicted octanol–water partition coefficient (Wildman–Crippen LogP) is 7.69. The third-order valence-corrected chi connectivity index (χ3v) is 8.38. The summed E-state index contributed by atoms with van der Waals surface area (Å²) in [5.41, 5.74) is 6.81. The monoisotopic (exact) mass is 631 g/mol. The second-order valence-electron chi connectivity index (χ2n) is 11.3. The average molecular weight is 632 g/mol. The van der Waals surface area contributed by atoms with Gasteiger partial charge in [0.25, 0.3) is 5.91 Å². The number of benzene rings is 3. The molecule has 0 saturated carbocycles. The number of anilines is 3. The fourth-order valence-electron chi connectivity index (χ4n) is 5.79. The van der Waals surface area contributed by atoms with Crippen molar-refractivity contribution >= 4 is 40.5 Å². The number of amides is 1. The zero-order valence-corrected chi connectivity index (χ0v) is 25.7. The number of carbonyl (C=O) groups is 1. The summed E-state index contributed by atoms with van der Waals surface area (Å²) in [6.45, 7) is 2.16. The van der Waals surface area contributed by atoms with E-state index in [0.29, 0.717) is 46.6 Å². The highest BCUT2D eigenvalue weighted by molar-refractivity contribution is 6.34. The molecule has 1 aliphatic rings. The van der Waals surface area contributed by atoms with Crippen molar-refractivity contribution in [1.29, 1.82) is 0 Å². The minimum absolute atomic E-state index is 0.294. The molecule has 4 heterocycles. The van der Waals surface area contributed by atoms with Gasteiger partial charge in [-0.25, -0.2) is 19.3 Å². The van der Waals surface area contributed by atoms with Crippen LogP contribution >= 0.6 is 11.6 Å². The highest BCUT2D eigenvalue weighted by Gasteiger charge is 2.21.